The second kappa shape index (κ2) is 7.67. The molecule has 5 heteroatoms. The van der Waals surface area contributed by atoms with Gasteiger partial charge in [-0.1, -0.05) is 6.92 Å². The number of thioether (sulfide) groups is 1. The molecule has 0 aliphatic heterocycles. The quantitative estimate of drug-likeness (QED) is 0.627. The Balaban J connectivity index is 3.58. The zero-order valence-electron chi connectivity index (χ0n) is 8.74. The summed E-state index contributed by atoms with van der Waals surface area (Å²) in [5, 5.41) is 0. The van der Waals surface area contributed by atoms with E-state index in [0.29, 0.717) is 12.4 Å². The van der Waals surface area contributed by atoms with E-state index in [0.717, 1.165) is 0 Å². The minimum absolute atomic E-state index is 0.176. The lowest BCUT2D eigenvalue weighted by Crippen LogP contribution is -2.17. The van der Waals surface area contributed by atoms with Crippen molar-refractivity contribution in [2.45, 2.75) is 13.8 Å². The maximum Gasteiger partial charge on any atom is 0.315 e. The number of rotatable bonds is 6. The molecule has 0 aromatic rings. The summed E-state index contributed by atoms with van der Waals surface area (Å²) >= 11 is 1.37. The van der Waals surface area contributed by atoms with Gasteiger partial charge in [0, 0.05) is 5.75 Å². The summed E-state index contributed by atoms with van der Waals surface area (Å²) in [6.07, 6.45) is 0. The predicted octanol–water partition coefficient (Wildman–Crippen LogP) is 1.09. The first kappa shape index (κ1) is 13.3. The van der Waals surface area contributed by atoms with Crippen molar-refractivity contribution in [3.8, 4) is 0 Å². The van der Waals surface area contributed by atoms with Gasteiger partial charge in [0.1, 0.15) is 0 Å². The van der Waals surface area contributed by atoms with Crippen LogP contribution in [0.15, 0.2) is 0 Å². The van der Waals surface area contributed by atoms with Crippen LogP contribution in [0.25, 0.3) is 0 Å². The fraction of sp³-hybridized carbons (Fsp3) is 0.778. The molecule has 0 aliphatic carbocycles. The molecule has 0 heterocycles. The number of hydrogen-bond donors (Lipinski definition) is 0. The van der Waals surface area contributed by atoms with E-state index in [4.69, 9.17) is 4.74 Å². The molecule has 0 radical (unpaired) electrons. The topological polar surface area (TPSA) is 52.6 Å². The summed E-state index contributed by atoms with van der Waals surface area (Å²) in [7, 11) is 1.34. The van der Waals surface area contributed by atoms with Crippen LogP contribution in [0.3, 0.4) is 0 Å². The van der Waals surface area contributed by atoms with Crippen molar-refractivity contribution >= 4 is 23.7 Å². The Labute approximate surface area is 88.3 Å². The van der Waals surface area contributed by atoms with Gasteiger partial charge < -0.3 is 9.47 Å². The van der Waals surface area contributed by atoms with Crippen LogP contribution in [0.2, 0.25) is 0 Å². The van der Waals surface area contributed by atoms with Crippen LogP contribution >= 0.6 is 11.8 Å². The number of methoxy groups -OCH3 is 1. The standard InChI is InChI=1S/C9H16O4S/c1-4-13-9(11)7(2)5-14-6-8(10)12-3/h7H,4-6H2,1-3H3. The van der Waals surface area contributed by atoms with E-state index in [9.17, 15) is 9.59 Å². The molecule has 0 aromatic heterocycles. The van der Waals surface area contributed by atoms with Crippen LogP contribution in [0.4, 0.5) is 0 Å². The van der Waals surface area contributed by atoms with Gasteiger partial charge >= 0.3 is 11.9 Å². The SMILES string of the molecule is CCOC(=O)C(C)CSCC(=O)OC. The second-order valence-electron chi connectivity index (χ2n) is 2.74. The van der Waals surface area contributed by atoms with Gasteiger partial charge in [-0.25, -0.2) is 0 Å². The number of carbonyl (C=O) groups excluding carboxylic acids is 2. The van der Waals surface area contributed by atoms with Gasteiger partial charge in [0.15, 0.2) is 0 Å². The summed E-state index contributed by atoms with van der Waals surface area (Å²) < 4.78 is 9.28. The van der Waals surface area contributed by atoms with E-state index >= 15 is 0 Å². The lowest BCUT2D eigenvalue weighted by Gasteiger charge is -2.08. The highest BCUT2D eigenvalue weighted by molar-refractivity contribution is 7.99. The second-order valence-corrected chi connectivity index (χ2v) is 3.77. The fourth-order valence-corrected chi connectivity index (χ4v) is 1.62. The van der Waals surface area contributed by atoms with Crippen LogP contribution in [0.5, 0.6) is 0 Å². The minimum Gasteiger partial charge on any atom is -0.468 e. The minimum atomic E-state index is -0.272. The first-order valence-electron chi connectivity index (χ1n) is 4.43. The van der Waals surface area contributed by atoms with E-state index in [1.807, 2.05) is 0 Å². The molecule has 0 rings (SSSR count). The van der Waals surface area contributed by atoms with Crippen LogP contribution in [-0.2, 0) is 19.1 Å². The Morgan fingerprint density at radius 1 is 1.43 bits per heavy atom. The number of esters is 2. The highest BCUT2D eigenvalue weighted by Crippen LogP contribution is 2.09. The molecule has 0 amide bonds. The highest BCUT2D eigenvalue weighted by Gasteiger charge is 2.14. The maximum atomic E-state index is 11.1. The van der Waals surface area contributed by atoms with E-state index in [2.05, 4.69) is 4.74 Å². The van der Waals surface area contributed by atoms with Gasteiger partial charge in [-0.15, -0.1) is 11.8 Å². The monoisotopic (exact) mass is 220 g/mol. The zero-order chi connectivity index (χ0) is 11.0. The molecule has 0 saturated carbocycles. The molecule has 4 nitrogen and oxygen atoms in total. The van der Waals surface area contributed by atoms with Crippen molar-refractivity contribution < 1.29 is 19.1 Å². The van der Waals surface area contributed by atoms with Crippen molar-refractivity contribution in [2.75, 3.05) is 25.2 Å². The van der Waals surface area contributed by atoms with Crippen LogP contribution < -0.4 is 0 Å². The molecule has 0 N–H and O–H groups in total. The van der Waals surface area contributed by atoms with Crippen molar-refractivity contribution in [3.63, 3.8) is 0 Å². The van der Waals surface area contributed by atoms with E-state index < -0.39 is 0 Å². The van der Waals surface area contributed by atoms with E-state index in [1.165, 1.54) is 18.9 Å². The third kappa shape index (κ3) is 5.85. The smallest absolute Gasteiger partial charge is 0.315 e. The Kier molecular flexibility index (Phi) is 7.28. The molecule has 0 aromatic carbocycles. The van der Waals surface area contributed by atoms with Gasteiger partial charge in [0.2, 0.25) is 0 Å². The highest BCUT2D eigenvalue weighted by atomic mass is 32.2. The average molecular weight is 220 g/mol. The molecule has 0 saturated heterocycles. The van der Waals surface area contributed by atoms with Gasteiger partial charge in [0.05, 0.1) is 25.4 Å². The third-order valence-corrected chi connectivity index (χ3v) is 2.68. The summed E-state index contributed by atoms with van der Waals surface area (Å²) in [5.41, 5.74) is 0. The summed E-state index contributed by atoms with van der Waals surface area (Å²) in [6, 6.07) is 0. The van der Waals surface area contributed by atoms with Crippen LogP contribution in [0.1, 0.15) is 13.8 Å². The molecular formula is C9H16O4S. The van der Waals surface area contributed by atoms with Crippen molar-refractivity contribution in [2.24, 2.45) is 5.92 Å². The molecule has 14 heavy (non-hydrogen) atoms. The molecule has 0 aliphatic rings. The van der Waals surface area contributed by atoms with Gasteiger partial charge in [-0.2, -0.15) is 0 Å². The average Bonchev–Trinajstić information content (AvgIpc) is 2.17. The summed E-state index contributed by atoms with van der Waals surface area (Å²) in [5.74, 6) is 0.189. The van der Waals surface area contributed by atoms with E-state index in [-0.39, 0.29) is 23.6 Å². The Hall–Kier alpha value is -0.710. The number of hydrogen-bond acceptors (Lipinski definition) is 5. The molecule has 82 valence electrons. The number of ether oxygens (including phenoxy) is 2. The molecule has 1 unspecified atom stereocenters. The van der Waals surface area contributed by atoms with Crippen molar-refractivity contribution in [3.05, 3.63) is 0 Å². The maximum absolute atomic E-state index is 11.1. The Bertz CT molecular complexity index is 193. The largest absolute Gasteiger partial charge is 0.468 e. The summed E-state index contributed by atoms with van der Waals surface area (Å²) in [4.78, 5) is 21.9. The van der Waals surface area contributed by atoms with Crippen LogP contribution in [0, 0.1) is 5.92 Å². The first-order valence-corrected chi connectivity index (χ1v) is 5.58. The van der Waals surface area contributed by atoms with Gasteiger partial charge in [-0.3, -0.25) is 9.59 Å². The summed E-state index contributed by atoms with van der Waals surface area (Å²) in [6.45, 7) is 3.94. The van der Waals surface area contributed by atoms with Gasteiger partial charge in [-0.05, 0) is 6.92 Å². The normalized spacial score (nSPS) is 11.9. The molecule has 1 atom stereocenters. The van der Waals surface area contributed by atoms with E-state index in [1.54, 1.807) is 13.8 Å². The lowest BCUT2D eigenvalue weighted by atomic mass is 10.2. The molecule has 0 fully saturated rings. The zero-order valence-corrected chi connectivity index (χ0v) is 9.56. The van der Waals surface area contributed by atoms with Crippen LogP contribution in [-0.4, -0.2) is 37.2 Å². The molecule has 0 bridgehead atoms. The Morgan fingerprint density at radius 3 is 2.57 bits per heavy atom. The molecular weight excluding hydrogens is 204 g/mol. The van der Waals surface area contributed by atoms with Crippen molar-refractivity contribution in [1.29, 1.82) is 0 Å². The molecule has 0 spiro atoms. The number of carbonyl (C=O) groups is 2. The first-order chi connectivity index (χ1) is 6.61. The predicted molar refractivity (Wildman–Crippen MR) is 55.1 cm³/mol. The Morgan fingerprint density at radius 2 is 2.07 bits per heavy atom. The van der Waals surface area contributed by atoms with Gasteiger partial charge in [0.25, 0.3) is 0 Å². The van der Waals surface area contributed by atoms with Crippen molar-refractivity contribution in [1.82, 2.24) is 0 Å². The lowest BCUT2D eigenvalue weighted by molar-refractivity contribution is -0.146. The fourth-order valence-electron chi connectivity index (χ4n) is 0.731. The third-order valence-electron chi connectivity index (χ3n) is 1.50.